The molecule has 1 unspecified atom stereocenters. The lowest BCUT2D eigenvalue weighted by molar-refractivity contribution is 0.589. The largest absolute Gasteiger partial charge is 0.372 e. The molecule has 1 atom stereocenters. The monoisotopic (exact) mass is 285 g/mol. The van der Waals surface area contributed by atoms with Crippen LogP contribution in [-0.4, -0.2) is 31.7 Å². The number of aryl methyl sites for hydroxylation is 1. The van der Waals surface area contributed by atoms with Crippen molar-refractivity contribution in [3.05, 3.63) is 16.8 Å². The highest BCUT2D eigenvalue weighted by molar-refractivity contribution is 7.90. The number of nitrogens with zero attached hydrogens (tertiary/aromatic N) is 2. The molecule has 0 aromatic carbocycles. The van der Waals surface area contributed by atoms with Crippen LogP contribution in [0.1, 0.15) is 22.9 Å². The van der Waals surface area contributed by atoms with E-state index in [0.717, 1.165) is 15.1 Å². The Morgan fingerprint density at radius 3 is 2.61 bits per heavy atom. The van der Waals surface area contributed by atoms with Crippen LogP contribution in [0.3, 0.4) is 0 Å². The van der Waals surface area contributed by atoms with Crippen molar-refractivity contribution in [1.29, 1.82) is 0 Å². The summed E-state index contributed by atoms with van der Waals surface area (Å²) in [7, 11) is -1.42. The molecule has 0 fully saturated rings. The zero-order valence-corrected chi connectivity index (χ0v) is 12.3. The Balaban J connectivity index is 2.67. The minimum Gasteiger partial charge on any atom is -0.372 e. The third-order valence-electron chi connectivity index (χ3n) is 2.78. The van der Waals surface area contributed by atoms with E-state index in [1.54, 1.807) is 14.0 Å². The molecule has 2 heterocycles. The molecule has 0 amide bonds. The van der Waals surface area contributed by atoms with Crippen LogP contribution in [0.15, 0.2) is 6.07 Å². The van der Waals surface area contributed by atoms with Gasteiger partial charge >= 0.3 is 0 Å². The van der Waals surface area contributed by atoms with Gasteiger partial charge in [0.2, 0.25) is 0 Å². The van der Waals surface area contributed by atoms with Crippen LogP contribution in [0.25, 0.3) is 10.2 Å². The number of rotatable bonds is 3. The molecule has 2 aromatic rings. The zero-order chi connectivity index (χ0) is 13.5. The maximum Gasteiger partial charge on any atom is 0.157 e. The van der Waals surface area contributed by atoms with E-state index < -0.39 is 15.1 Å². The third kappa shape index (κ3) is 2.32. The van der Waals surface area contributed by atoms with E-state index in [4.69, 9.17) is 0 Å². The lowest BCUT2D eigenvalue weighted by atomic mass is 10.3. The number of nitrogens with one attached hydrogen (secondary N) is 1. The van der Waals surface area contributed by atoms with Crippen molar-refractivity contribution in [1.82, 2.24) is 9.97 Å². The summed E-state index contributed by atoms with van der Waals surface area (Å²) in [5, 5.41) is 3.23. The normalized spacial score (nSPS) is 13.8. The van der Waals surface area contributed by atoms with Crippen LogP contribution in [0, 0.1) is 6.92 Å². The molecule has 2 aromatic heterocycles. The second kappa shape index (κ2) is 4.47. The predicted octanol–water partition coefficient (Wildman–Crippen LogP) is 2.15. The van der Waals surface area contributed by atoms with Gasteiger partial charge in [-0.15, -0.1) is 11.3 Å². The summed E-state index contributed by atoms with van der Waals surface area (Å²) in [4.78, 5) is 10.6. The average Bonchev–Trinajstić information content (AvgIpc) is 2.65. The number of hydrogen-bond acceptors (Lipinski definition) is 6. The minimum atomic E-state index is -3.19. The Morgan fingerprint density at radius 2 is 2.06 bits per heavy atom. The van der Waals surface area contributed by atoms with Crippen LogP contribution in [-0.2, 0) is 9.84 Å². The molecule has 0 aliphatic heterocycles. The Hall–Kier alpha value is -1.21. The number of thiophene rings is 1. The van der Waals surface area contributed by atoms with E-state index in [1.165, 1.54) is 17.6 Å². The first-order valence-corrected chi connectivity index (χ1v) is 8.24. The van der Waals surface area contributed by atoms with Gasteiger partial charge in [0.05, 0.1) is 5.39 Å². The molecule has 1 N–H and O–H groups in total. The topological polar surface area (TPSA) is 72.0 Å². The number of fused-ring (bicyclic) bond motifs is 1. The van der Waals surface area contributed by atoms with Gasteiger partial charge in [-0.3, -0.25) is 0 Å². The zero-order valence-electron chi connectivity index (χ0n) is 10.7. The van der Waals surface area contributed by atoms with Crippen molar-refractivity contribution in [3.8, 4) is 0 Å². The highest BCUT2D eigenvalue weighted by Crippen LogP contribution is 2.30. The first kappa shape index (κ1) is 13.2. The first-order chi connectivity index (χ1) is 8.32. The maximum absolute atomic E-state index is 11.6. The van der Waals surface area contributed by atoms with Crippen LogP contribution in [0.4, 0.5) is 5.82 Å². The number of sulfone groups is 1. The molecule has 0 radical (unpaired) electrons. The summed E-state index contributed by atoms with van der Waals surface area (Å²) < 4.78 is 23.2. The van der Waals surface area contributed by atoms with Gasteiger partial charge in [-0.25, -0.2) is 18.4 Å². The van der Waals surface area contributed by atoms with Gasteiger partial charge in [-0.05, 0) is 19.9 Å². The number of anilines is 1. The van der Waals surface area contributed by atoms with Gasteiger partial charge < -0.3 is 5.32 Å². The molecule has 0 aliphatic carbocycles. The summed E-state index contributed by atoms with van der Waals surface area (Å²) in [5.41, 5.74) is 0. The highest BCUT2D eigenvalue weighted by atomic mass is 32.2. The fraction of sp³-hybridized carbons (Fsp3) is 0.455. The summed E-state index contributed by atoms with van der Waals surface area (Å²) in [5.74, 6) is 1.02. The van der Waals surface area contributed by atoms with Crippen molar-refractivity contribution in [2.24, 2.45) is 0 Å². The molecule has 7 heteroatoms. The Kier molecular flexibility index (Phi) is 3.29. The van der Waals surface area contributed by atoms with E-state index in [0.29, 0.717) is 11.6 Å². The van der Waals surface area contributed by atoms with E-state index >= 15 is 0 Å². The maximum atomic E-state index is 11.6. The average molecular weight is 285 g/mol. The van der Waals surface area contributed by atoms with Crippen LogP contribution in [0.2, 0.25) is 0 Å². The highest BCUT2D eigenvalue weighted by Gasteiger charge is 2.22. The minimum absolute atomic E-state index is 0.344. The van der Waals surface area contributed by atoms with E-state index in [-0.39, 0.29) is 0 Å². The fourth-order valence-corrected chi connectivity index (χ4v) is 3.00. The van der Waals surface area contributed by atoms with E-state index in [2.05, 4.69) is 15.3 Å². The summed E-state index contributed by atoms with van der Waals surface area (Å²) in [6.07, 6.45) is 1.20. The van der Waals surface area contributed by atoms with Gasteiger partial charge in [0.1, 0.15) is 21.7 Å². The van der Waals surface area contributed by atoms with Crippen molar-refractivity contribution in [2.75, 3.05) is 18.6 Å². The van der Waals surface area contributed by atoms with Crippen LogP contribution < -0.4 is 5.32 Å². The Labute approximate surface area is 110 Å². The third-order valence-corrected chi connectivity index (χ3v) is 5.22. The molecule has 0 bridgehead atoms. The van der Waals surface area contributed by atoms with Gasteiger partial charge in [0, 0.05) is 18.2 Å². The molecule has 5 nitrogen and oxygen atoms in total. The van der Waals surface area contributed by atoms with E-state index in [9.17, 15) is 8.42 Å². The van der Waals surface area contributed by atoms with Gasteiger partial charge in [-0.1, -0.05) is 0 Å². The second-order valence-corrected chi connectivity index (χ2v) is 7.83. The molecule has 0 aliphatic rings. The van der Waals surface area contributed by atoms with Crippen molar-refractivity contribution in [3.63, 3.8) is 0 Å². The second-order valence-electron chi connectivity index (χ2n) is 4.23. The quantitative estimate of drug-likeness (QED) is 0.935. The number of aromatic nitrogens is 2. The van der Waals surface area contributed by atoms with E-state index in [1.807, 2.05) is 13.0 Å². The van der Waals surface area contributed by atoms with Crippen LogP contribution in [0.5, 0.6) is 0 Å². The Morgan fingerprint density at radius 1 is 1.39 bits per heavy atom. The molecule has 2 rings (SSSR count). The lowest BCUT2D eigenvalue weighted by Gasteiger charge is -2.10. The molecule has 0 spiro atoms. The van der Waals surface area contributed by atoms with Gasteiger partial charge in [0.25, 0.3) is 0 Å². The summed E-state index contributed by atoms with van der Waals surface area (Å²) in [6.45, 7) is 3.60. The fourth-order valence-electron chi connectivity index (χ4n) is 1.62. The van der Waals surface area contributed by atoms with Crippen molar-refractivity contribution in [2.45, 2.75) is 19.1 Å². The standard InChI is InChI=1S/C11H15N3O2S2/c1-6-5-8-10(12-3)13-9(14-11(8)17-6)7(2)18(4,15)16/h5,7H,1-4H3,(H,12,13,14). The molecular formula is C11H15N3O2S2. The molecule has 0 saturated carbocycles. The van der Waals surface area contributed by atoms with Crippen molar-refractivity contribution >= 4 is 37.2 Å². The molecule has 98 valence electrons. The smallest absolute Gasteiger partial charge is 0.157 e. The van der Waals surface area contributed by atoms with Crippen molar-refractivity contribution < 1.29 is 8.42 Å². The Bertz CT molecular complexity index is 692. The lowest BCUT2D eigenvalue weighted by Crippen LogP contribution is -2.12. The summed E-state index contributed by atoms with van der Waals surface area (Å²) in [6, 6.07) is 2.00. The molecule has 0 saturated heterocycles. The number of hydrogen-bond donors (Lipinski definition) is 1. The molecular weight excluding hydrogens is 270 g/mol. The van der Waals surface area contributed by atoms with Gasteiger partial charge in [-0.2, -0.15) is 0 Å². The predicted molar refractivity (Wildman–Crippen MR) is 75.0 cm³/mol. The molecule has 18 heavy (non-hydrogen) atoms. The van der Waals surface area contributed by atoms with Gasteiger partial charge in [0.15, 0.2) is 9.84 Å². The summed E-state index contributed by atoms with van der Waals surface area (Å²) >= 11 is 1.54. The van der Waals surface area contributed by atoms with Crippen LogP contribution >= 0.6 is 11.3 Å². The first-order valence-electron chi connectivity index (χ1n) is 5.47. The SMILES string of the molecule is CNc1nc(C(C)S(C)(=O)=O)nc2sc(C)cc12.